The number of aliphatic imine (C=N–C) groups is 1. The molecule has 102 valence electrons. The number of aromatic nitrogens is 3. The molecule has 0 amide bonds. The Hall–Kier alpha value is -2.49. The van der Waals surface area contributed by atoms with Gasteiger partial charge in [-0.1, -0.05) is 43.0 Å². The summed E-state index contributed by atoms with van der Waals surface area (Å²) in [4.78, 5) is 4.39. The van der Waals surface area contributed by atoms with Gasteiger partial charge in [0.05, 0.1) is 5.52 Å². The van der Waals surface area contributed by atoms with Crippen LogP contribution in [0.2, 0.25) is 0 Å². The van der Waals surface area contributed by atoms with Crippen molar-refractivity contribution in [2.24, 2.45) is 4.99 Å². The molecule has 0 aliphatic rings. The molecule has 20 heavy (non-hydrogen) atoms. The molecule has 0 saturated heterocycles. The van der Waals surface area contributed by atoms with Gasteiger partial charge >= 0.3 is 0 Å². The van der Waals surface area contributed by atoms with Gasteiger partial charge in [-0.15, -0.1) is 5.10 Å². The number of allylic oxidation sites excluding steroid dienone is 4. The fraction of sp³-hybridized carbons (Fsp3) is 0.188. The first-order valence-corrected chi connectivity index (χ1v) is 6.64. The predicted molar refractivity (Wildman–Crippen MR) is 84.5 cm³/mol. The van der Waals surface area contributed by atoms with Gasteiger partial charge in [0, 0.05) is 6.21 Å². The molecule has 0 aliphatic heterocycles. The van der Waals surface area contributed by atoms with Crippen molar-refractivity contribution in [3.05, 3.63) is 54.6 Å². The van der Waals surface area contributed by atoms with Gasteiger partial charge in [-0.2, -0.15) is 4.68 Å². The Morgan fingerprint density at radius 1 is 1.40 bits per heavy atom. The van der Waals surface area contributed by atoms with E-state index >= 15 is 0 Å². The largest absolute Gasteiger partial charge is 0.242 e. The Morgan fingerprint density at radius 3 is 2.90 bits per heavy atom. The third-order valence-electron chi connectivity index (χ3n) is 2.80. The lowest BCUT2D eigenvalue weighted by Crippen LogP contribution is -1.98. The van der Waals surface area contributed by atoms with E-state index in [2.05, 4.69) is 34.9 Å². The maximum atomic E-state index is 4.39. The van der Waals surface area contributed by atoms with E-state index < -0.39 is 0 Å². The molecule has 1 aromatic carbocycles. The number of para-hydroxylation sites is 1. The van der Waals surface area contributed by atoms with E-state index in [0.717, 1.165) is 28.8 Å². The topological polar surface area (TPSA) is 43.1 Å². The highest BCUT2D eigenvalue weighted by Crippen LogP contribution is 2.17. The zero-order valence-corrected chi connectivity index (χ0v) is 11.8. The molecule has 4 heteroatoms. The van der Waals surface area contributed by atoms with Crippen LogP contribution in [0.3, 0.4) is 0 Å². The number of benzene rings is 1. The third-order valence-corrected chi connectivity index (χ3v) is 2.80. The van der Waals surface area contributed by atoms with Gasteiger partial charge in [-0.05, 0) is 37.1 Å². The summed E-state index contributed by atoms with van der Waals surface area (Å²) >= 11 is 0. The summed E-state index contributed by atoms with van der Waals surface area (Å²) in [6, 6.07) is 7.82. The van der Waals surface area contributed by atoms with Crippen molar-refractivity contribution in [1.82, 2.24) is 15.0 Å². The summed E-state index contributed by atoms with van der Waals surface area (Å²) in [6.07, 6.45) is 8.55. The highest BCUT2D eigenvalue weighted by molar-refractivity contribution is 5.79. The smallest absolute Gasteiger partial charge is 0.156 e. The van der Waals surface area contributed by atoms with Crippen LogP contribution in [0.5, 0.6) is 0 Å². The van der Waals surface area contributed by atoms with Crippen LogP contribution in [0.25, 0.3) is 16.9 Å². The number of nitrogens with zero attached hydrogens (tertiary/aromatic N) is 4. The highest BCUT2D eigenvalue weighted by Gasteiger charge is 2.07. The molecule has 2 rings (SSSR count). The summed E-state index contributed by atoms with van der Waals surface area (Å²) in [6.45, 7) is 7.79. The molecular weight excluding hydrogens is 248 g/mol. The average molecular weight is 266 g/mol. The van der Waals surface area contributed by atoms with E-state index in [1.807, 2.05) is 43.3 Å². The standard InChI is InChI=1S/C16H18N4/c1-4-9-13(5-2)12-16(17-6-3)20-15-11-8-7-10-14(15)18-19-20/h5-12H,2,4H2,1,3H3/b13-9+,16-12+,17-6?. The fourth-order valence-electron chi connectivity index (χ4n) is 1.91. The van der Waals surface area contributed by atoms with Crippen molar-refractivity contribution < 1.29 is 0 Å². The monoisotopic (exact) mass is 266 g/mol. The molecule has 4 nitrogen and oxygen atoms in total. The Bertz CT molecular complexity index is 689. The van der Waals surface area contributed by atoms with E-state index in [4.69, 9.17) is 0 Å². The molecule has 1 heterocycles. The van der Waals surface area contributed by atoms with Crippen molar-refractivity contribution in [3.8, 4) is 0 Å². The quantitative estimate of drug-likeness (QED) is 0.609. The molecule has 0 bridgehead atoms. The van der Waals surface area contributed by atoms with Gasteiger partial charge in [0.25, 0.3) is 0 Å². The van der Waals surface area contributed by atoms with Crippen LogP contribution in [0, 0.1) is 0 Å². The fourth-order valence-corrected chi connectivity index (χ4v) is 1.91. The summed E-state index contributed by atoms with van der Waals surface area (Å²) in [5.74, 6) is 0.723. The van der Waals surface area contributed by atoms with Crippen molar-refractivity contribution in [2.75, 3.05) is 0 Å². The van der Waals surface area contributed by atoms with E-state index in [0.29, 0.717) is 0 Å². The Labute approximate surface area is 118 Å². The summed E-state index contributed by atoms with van der Waals surface area (Å²) in [7, 11) is 0. The van der Waals surface area contributed by atoms with Gasteiger partial charge in [0.2, 0.25) is 0 Å². The van der Waals surface area contributed by atoms with Crippen LogP contribution >= 0.6 is 0 Å². The zero-order chi connectivity index (χ0) is 14.4. The third kappa shape index (κ3) is 2.91. The predicted octanol–water partition coefficient (Wildman–Crippen LogP) is 3.84. The second-order valence-corrected chi connectivity index (χ2v) is 4.20. The van der Waals surface area contributed by atoms with Crippen LogP contribution in [-0.4, -0.2) is 21.2 Å². The average Bonchev–Trinajstić information content (AvgIpc) is 2.90. The van der Waals surface area contributed by atoms with E-state index in [1.165, 1.54) is 0 Å². The minimum atomic E-state index is 0.723. The van der Waals surface area contributed by atoms with Gasteiger partial charge in [-0.25, -0.2) is 4.99 Å². The van der Waals surface area contributed by atoms with Crippen molar-refractivity contribution >= 4 is 23.1 Å². The maximum absolute atomic E-state index is 4.39. The van der Waals surface area contributed by atoms with Crippen molar-refractivity contribution in [1.29, 1.82) is 0 Å². The maximum Gasteiger partial charge on any atom is 0.156 e. The van der Waals surface area contributed by atoms with Gasteiger partial charge in [0.1, 0.15) is 5.52 Å². The first-order valence-electron chi connectivity index (χ1n) is 6.64. The van der Waals surface area contributed by atoms with E-state index in [1.54, 1.807) is 10.9 Å². The summed E-state index contributed by atoms with van der Waals surface area (Å²) in [5.41, 5.74) is 2.81. The second-order valence-electron chi connectivity index (χ2n) is 4.20. The van der Waals surface area contributed by atoms with Gasteiger partial charge in [-0.3, -0.25) is 0 Å². The first kappa shape index (κ1) is 13.9. The molecule has 0 fully saturated rings. The molecule has 0 radical (unpaired) electrons. The lowest BCUT2D eigenvalue weighted by atomic mass is 10.2. The van der Waals surface area contributed by atoms with Gasteiger partial charge in [0.15, 0.2) is 5.82 Å². The van der Waals surface area contributed by atoms with E-state index in [-0.39, 0.29) is 0 Å². The number of rotatable bonds is 5. The minimum Gasteiger partial charge on any atom is -0.242 e. The summed E-state index contributed by atoms with van der Waals surface area (Å²) in [5, 5.41) is 8.34. The summed E-state index contributed by atoms with van der Waals surface area (Å²) < 4.78 is 1.74. The molecule has 0 unspecified atom stereocenters. The lowest BCUT2D eigenvalue weighted by Gasteiger charge is -2.03. The van der Waals surface area contributed by atoms with E-state index in [9.17, 15) is 0 Å². The van der Waals surface area contributed by atoms with Crippen molar-refractivity contribution in [2.45, 2.75) is 20.3 Å². The van der Waals surface area contributed by atoms with Crippen LogP contribution < -0.4 is 0 Å². The van der Waals surface area contributed by atoms with Crippen LogP contribution in [0.4, 0.5) is 0 Å². The van der Waals surface area contributed by atoms with Crippen molar-refractivity contribution in [3.63, 3.8) is 0 Å². The molecular formula is C16H18N4. The minimum absolute atomic E-state index is 0.723. The molecule has 0 atom stereocenters. The highest BCUT2D eigenvalue weighted by atomic mass is 15.5. The van der Waals surface area contributed by atoms with Crippen LogP contribution in [0.1, 0.15) is 20.3 Å². The lowest BCUT2D eigenvalue weighted by molar-refractivity contribution is 0.830. The van der Waals surface area contributed by atoms with Gasteiger partial charge < -0.3 is 0 Å². The Kier molecular flexibility index (Phi) is 4.60. The molecule has 0 aliphatic carbocycles. The molecule has 0 saturated carbocycles. The molecule has 2 aromatic rings. The number of hydrogen-bond donors (Lipinski definition) is 0. The number of fused-ring (bicyclic) bond motifs is 1. The Morgan fingerprint density at radius 2 is 2.20 bits per heavy atom. The van der Waals surface area contributed by atoms with Crippen LogP contribution in [-0.2, 0) is 0 Å². The molecule has 0 N–H and O–H groups in total. The number of hydrogen-bond acceptors (Lipinski definition) is 3. The first-order chi connectivity index (χ1) is 9.80. The van der Waals surface area contributed by atoms with Crippen LogP contribution in [0.15, 0.2) is 59.6 Å². The molecule has 1 aromatic heterocycles. The molecule has 0 spiro atoms. The normalized spacial score (nSPS) is 13.3. The Balaban J connectivity index is 2.56. The SMILES string of the molecule is C=CC(=C\CC)/C=C(\N=CC)n1nnc2ccccc21. The zero-order valence-electron chi connectivity index (χ0n) is 11.8. The second kappa shape index (κ2) is 6.61.